The zero-order valence-corrected chi connectivity index (χ0v) is 15.7. The number of hydrogen-bond acceptors (Lipinski definition) is 0. The molecular weight excluding hydrogens is 264 g/mol. The first kappa shape index (κ1) is 21.2. The minimum atomic E-state index is 0.519. The summed E-state index contributed by atoms with van der Waals surface area (Å²) < 4.78 is 0. The van der Waals surface area contributed by atoms with E-state index in [1.54, 1.807) is 0 Å². The normalized spacial score (nSPS) is 13.1. The molecule has 0 atom stereocenters. The van der Waals surface area contributed by atoms with Crippen LogP contribution < -0.4 is 0 Å². The van der Waals surface area contributed by atoms with Crippen LogP contribution in [0.3, 0.4) is 0 Å². The Morgan fingerprint density at radius 2 is 1.09 bits per heavy atom. The van der Waals surface area contributed by atoms with Crippen LogP contribution in [0.15, 0.2) is 36.5 Å². The second kappa shape index (κ2) is 15.1. The first-order chi connectivity index (χ1) is 10.6. The fourth-order valence-corrected chi connectivity index (χ4v) is 2.45. The minimum absolute atomic E-state index is 0.519. The van der Waals surface area contributed by atoms with Crippen LogP contribution in [-0.4, -0.2) is 0 Å². The van der Waals surface area contributed by atoms with Crippen molar-refractivity contribution in [3.05, 3.63) is 36.5 Å². The third kappa shape index (κ3) is 19.2. The van der Waals surface area contributed by atoms with Gasteiger partial charge in [-0.1, -0.05) is 96.3 Å². The van der Waals surface area contributed by atoms with E-state index in [1.807, 2.05) is 0 Å². The summed E-state index contributed by atoms with van der Waals surface area (Å²) in [4.78, 5) is 0. The first-order valence-electron chi connectivity index (χ1n) is 9.51. The van der Waals surface area contributed by atoms with E-state index in [1.165, 1.54) is 51.4 Å². The van der Waals surface area contributed by atoms with Crippen molar-refractivity contribution in [1.82, 2.24) is 0 Å². The van der Waals surface area contributed by atoms with Gasteiger partial charge in [-0.25, -0.2) is 0 Å². The molecule has 0 saturated heterocycles. The maximum absolute atomic E-state index is 2.35. The zero-order chi connectivity index (χ0) is 16.5. The Bertz CT molecular complexity index is 298. The van der Waals surface area contributed by atoms with Gasteiger partial charge >= 0.3 is 0 Å². The number of rotatable bonds is 13. The van der Waals surface area contributed by atoms with Crippen LogP contribution in [0.5, 0.6) is 0 Å². The summed E-state index contributed by atoms with van der Waals surface area (Å²) in [5.41, 5.74) is 0.519. The third-order valence-corrected chi connectivity index (χ3v) is 3.83. The molecule has 0 amide bonds. The van der Waals surface area contributed by atoms with Gasteiger partial charge in [-0.15, -0.1) is 0 Å². The number of unbranched alkanes of at least 4 members (excludes halogenated alkanes) is 6. The van der Waals surface area contributed by atoms with Gasteiger partial charge in [0.25, 0.3) is 0 Å². The Morgan fingerprint density at radius 3 is 1.68 bits per heavy atom. The van der Waals surface area contributed by atoms with Gasteiger partial charge in [0.05, 0.1) is 0 Å². The van der Waals surface area contributed by atoms with Crippen molar-refractivity contribution in [2.75, 3.05) is 0 Å². The summed E-state index contributed by atoms with van der Waals surface area (Å²) >= 11 is 0. The quantitative estimate of drug-likeness (QED) is 0.239. The van der Waals surface area contributed by atoms with Crippen LogP contribution in [0.25, 0.3) is 0 Å². The topological polar surface area (TPSA) is 0 Å². The first-order valence-corrected chi connectivity index (χ1v) is 9.51. The highest BCUT2D eigenvalue weighted by molar-refractivity contribution is 4.96. The average molecular weight is 305 g/mol. The average Bonchev–Trinajstić information content (AvgIpc) is 2.45. The van der Waals surface area contributed by atoms with E-state index < -0.39 is 0 Å². The predicted molar refractivity (Wildman–Crippen MR) is 103 cm³/mol. The lowest BCUT2D eigenvalue weighted by Gasteiger charge is -2.17. The molecule has 0 unspecified atom stereocenters. The van der Waals surface area contributed by atoms with Gasteiger partial charge < -0.3 is 0 Å². The minimum Gasteiger partial charge on any atom is -0.0885 e. The van der Waals surface area contributed by atoms with Gasteiger partial charge in [0, 0.05) is 0 Å². The Kier molecular flexibility index (Phi) is 14.6. The summed E-state index contributed by atoms with van der Waals surface area (Å²) in [6.45, 7) is 9.21. The Balaban J connectivity index is 3.25. The highest BCUT2D eigenvalue weighted by Crippen LogP contribution is 2.22. The van der Waals surface area contributed by atoms with Crippen molar-refractivity contribution in [2.24, 2.45) is 5.41 Å². The fraction of sp³-hybridized carbons (Fsp3) is 0.727. The predicted octanol–water partition coefficient (Wildman–Crippen LogP) is 8.01. The molecule has 0 aromatic heterocycles. The second-order valence-corrected chi connectivity index (χ2v) is 7.51. The summed E-state index contributed by atoms with van der Waals surface area (Å²) in [7, 11) is 0. The lowest BCUT2D eigenvalue weighted by molar-refractivity contribution is 0.356. The fourth-order valence-electron chi connectivity index (χ4n) is 2.45. The molecule has 0 aliphatic rings. The van der Waals surface area contributed by atoms with Gasteiger partial charge in [0.15, 0.2) is 0 Å². The Morgan fingerprint density at radius 1 is 0.591 bits per heavy atom. The van der Waals surface area contributed by atoms with Crippen LogP contribution in [0, 0.1) is 5.41 Å². The maximum atomic E-state index is 2.35. The van der Waals surface area contributed by atoms with Crippen molar-refractivity contribution >= 4 is 0 Å². The van der Waals surface area contributed by atoms with Crippen LogP contribution in [0.4, 0.5) is 0 Å². The van der Waals surface area contributed by atoms with E-state index in [-0.39, 0.29) is 0 Å². The number of hydrogen-bond donors (Lipinski definition) is 0. The molecule has 0 aromatic carbocycles. The molecule has 0 nitrogen and oxygen atoms in total. The van der Waals surface area contributed by atoms with E-state index >= 15 is 0 Å². The Labute approximate surface area is 140 Å². The van der Waals surface area contributed by atoms with Gasteiger partial charge in [0.1, 0.15) is 0 Å². The van der Waals surface area contributed by atoms with E-state index in [0.29, 0.717) is 5.41 Å². The lowest BCUT2D eigenvalue weighted by Crippen LogP contribution is -2.03. The molecule has 0 rings (SSSR count). The highest BCUT2D eigenvalue weighted by atomic mass is 14.1. The molecule has 0 aliphatic heterocycles. The molecule has 0 fully saturated rings. The Hall–Kier alpha value is -0.780. The standard InChI is InChI=1S/C22H40/c1-5-6-7-8-9-10-11-12-13-14-15-16-17-18-19-20-21-22(2,3)4/h6-7,9-10,12-13H,5,8,11,14-21H2,1-4H3/b7-6+,10-9+,13-12-. The van der Waals surface area contributed by atoms with Gasteiger partial charge in [-0.05, 0) is 43.9 Å². The van der Waals surface area contributed by atoms with Crippen LogP contribution in [0.2, 0.25) is 0 Å². The monoisotopic (exact) mass is 304 g/mol. The second-order valence-electron chi connectivity index (χ2n) is 7.51. The summed E-state index contributed by atoms with van der Waals surface area (Å²) in [6.07, 6.45) is 28.0. The molecule has 0 spiro atoms. The summed E-state index contributed by atoms with van der Waals surface area (Å²) in [6, 6.07) is 0. The molecule has 128 valence electrons. The zero-order valence-electron chi connectivity index (χ0n) is 15.7. The third-order valence-electron chi connectivity index (χ3n) is 3.83. The van der Waals surface area contributed by atoms with Crippen LogP contribution in [-0.2, 0) is 0 Å². The SMILES string of the molecule is CC/C=C/C/C=C/C/C=C\CCCCCCCCC(C)(C)C. The van der Waals surface area contributed by atoms with Crippen molar-refractivity contribution in [1.29, 1.82) is 0 Å². The molecule has 0 aliphatic carbocycles. The van der Waals surface area contributed by atoms with Crippen molar-refractivity contribution in [3.63, 3.8) is 0 Å². The van der Waals surface area contributed by atoms with E-state index in [4.69, 9.17) is 0 Å². The van der Waals surface area contributed by atoms with Gasteiger partial charge in [-0.2, -0.15) is 0 Å². The number of allylic oxidation sites excluding steroid dienone is 6. The molecule has 22 heavy (non-hydrogen) atoms. The summed E-state index contributed by atoms with van der Waals surface area (Å²) in [5.74, 6) is 0. The van der Waals surface area contributed by atoms with Gasteiger partial charge in [-0.3, -0.25) is 0 Å². The highest BCUT2D eigenvalue weighted by Gasteiger charge is 2.08. The molecule has 0 aromatic rings. The van der Waals surface area contributed by atoms with Crippen molar-refractivity contribution in [3.8, 4) is 0 Å². The smallest absolute Gasteiger partial charge is 0.0169 e. The molecule has 0 radical (unpaired) electrons. The lowest BCUT2D eigenvalue weighted by atomic mass is 9.89. The van der Waals surface area contributed by atoms with Crippen LogP contribution in [0.1, 0.15) is 98.3 Å². The molecule has 0 heterocycles. The molecule has 0 bridgehead atoms. The van der Waals surface area contributed by atoms with Crippen LogP contribution >= 0.6 is 0 Å². The molecule has 0 N–H and O–H groups in total. The summed E-state index contributed by atoms with van der Waals surface area (Å²) in [5, 5.41) is 0. The molecule has 0 saturated carbocycles. The van der Waals surface area contributed by atoms with E-state index in [9.17, 15) is 0 Å². The largest absolute Gasteiger partial charge is 0.0885 e. The van der Waals surface area contributed by atoms with Gasteiger partial charge in [0.2, 0.25) is 0 Å². The van der Waals surface area contributed by atoms with E-state index in [0.717, 1.165) is 19.3 Å². The molecular formula is C22H40. The maximum Gasteiger partial charge on any atom is -0.0169 e. The van der Waals surface area contributed by atoms with E-state index in [2.05, 4.69) is 64.2 Å². The van der Waals surface area contributed by atoms with Crippen molar-refractivity contribution in [2.45, 2.75) is 98.3 Å². The van der Waals surface area contributed by atoms with Crippen molar-refractivity contribution < 1.29 is 0 Å². The molecule has 0 heteroatoms.